The van der Waals surface area contributed by atoms with Gasteiger partial charge >= 0.3 is 0 Å². The molecule has 2 rings (SSSR count). The second-order valence-electron chi connectivity index (χ2n) is 4.22. The first-order chi connectivity index (χ1) is 8.58. The Hall–Kier alpha value is -1.56. The minimum Gasteiger partial charge on any atom is -0.368 e. The number of aromatic nitrogens is 3. The Morgan fingerprint density at radius 1 is 1.39 bits per heavy atom. The number of thioether (sulfide) groups is 1. The fourth-order valence-corrected chi connectivity index (χ4v) is 2.66. The Bertz CT molecular complexity index is 539. The van der Waals surface area contributed by atoms with E-state index in [2.05, 4.69) is 10.2 Å². The lowest BCUT2D eigenvalue weighted by Gasteiger charge is -2.11. The fourth-order valence-electron chi connectivity index (χ4n) is 1.65. The van der Waals surface area contributed by atoms with Gasteiger partial charge in [0.05, 0.1) is 0 Å². The van der Waals surface area contributed by atoms with Crippen molar-refractivity contribution in [2.24, 2.45) is 0 Å². The number of rotatable bonds is 4. The van der Waals surface area contributed by atoms with Crippen LogP contribution in [0.5, 0.6) is 0 Å². The lowest BCUT2D eigenvalue weighted by Crippen LogP contribution is -2.07. The van der Waals surface area contributed by atoms with Crippen LogP contribution < -0.4 is 5.73 Å². The summed E-state index contributed by atoms with van der Waals surface area (Å²) in [4.78, 5) is 0. The molecule has 6 heteroatoms. The Morgan fingerprint density at radius 2 is 2.17 bits per heavy atom. The Balaban J connectivity index is 2.11. The molecule has 1 heterocycles. The van der Waals surface area contributed by atoms with Gasteiger partial charge in [-0.3, -0.25) is 4.57 Å². The zero-order valence-electron chi connectivity index (χ0n) is 10.3. The van der Waals surface area contributed by atoms with E-state index in [4.69, 9.17) is 5.73 Å². The molecule has 0 atom stereocenters. The molecule has 0 unspecified atom stereocenters. The van der Waals surface area contributed by atoms with E-state index in [0.29, 0.717) is 11.7 Å². The van der Waals surface area contributed by atoms with Crippen LogP contribution in [0.25, 0.3) is 0 Å². The van der Waals surface area contributed by atoms with E-state index < -0.39 is 0 Å². The molecular formula is C12H15FN4S. The first kappa shape index (κ1) is 12.9. The van der Waals surface area contributed by atoms with Crippen molar-refractivity contribution in [3.63, 3.8) is 0 Å². The maximum atomic E-state index is 13.0. The number of halogens is 1. The predicted octanol–water partition coefficient (Wildman–Crippen LogP) is 2.87. The van der Waals surface area contributed by atoms with E-state index >= 15 is 0 Å². The first-order valence-corrected chi connectivity index (χ1v) is 6.64. The van der Waals surface area contributed by atoms with Gasteiger partial charge in [0.1, 0.15) is 5.82 Å². The van der Waals surface area contributed by atoms with Gasteiger partial charge in [-0.15, -0.1) is 10.2 Å². The number of nitrogen functional groups attached to an aromatic ring is 1. The number of nitrogens with two attached hydrogens (primary N) is 1. The molecular weight excluding hydrogens is 251 g/mol. The number of hydrogen-bond acceptors (Lipinski definition) is 4. The number of hydrogen-bond donors (Lipinski definition) is 1. The lowest BCUT2D eigenvalue weighted by molar-refractivity contribution is 0.557. The van der Waals surface area contributed by atoms with Crippen molar-refractivity contribution in [3.05, 3.63) is 35.6 Å². The van der Waals surface area contributed by atoms with Crippen molar-refractivity contribution in [2.75, 3.05) is 5.73 Å². The molecule has 0 aliphatic carbocycles. The molecule has 4 nitrogen and oxygen atoms in total. The molecule has 1 aromatic heterocycles. The average Bonchev–Trinajstić information content (AvgIpc) is 2.68. The Kier molecular flexibility index (Phi) is 3.86. The fraction of sp³-hybridized carbons (Fsp3) is 0.333. The number of benzene rings is 1. The third-order valence-electron chi connectivity index (χ3n) is 2.46. The van der Waals surface area contributed by atoms with E-state index in [9.17, 15) is 4.39 Å². The van der Waals surface area contributed by atoms with Crippen LogP contribution in [0.4, 0.5) is 10.3 Å². The van der Waals surface area contributed by atoms with Crippen LogP contribution in [0.15, 0.2) is 29.4 Å². The minimum atomic E-state index is -0.224. The van der Waals surface area contributed by atoms with Crippen LogP contribution >= 0.6 is 11.8 Å². The highest BCUT2D eigenvalue weighted by Gasteiger charge is 2.12. The van der Waals surface area contributed by atoms with Crippen molar-refractivity contribution in [3.8, 4) is 0 Å². The summed E-state index contributed by atoms with van der Waals surface area (Å²) >= 11 is 1.50. The highest BCUT2D eigenvalue weighted by Crippen LogP contribution is 2.25. The molecule has 18 heavy (non-hydrogen) atoms. The molecule has 0 aliphatic heterocycles. The van der Waals surface area contributed by atoms with Crippen LogP contribution in [0, 0.1) is 5.82 Å². The van der Waals surface area contributed by atoms with E-state index in [0.717, 1.165) is 10.7 Å². The van der Waals surface area contributed by atoms with Gasteiger partial charge in [-0.05, 0) is 31.5 Å². The van der Waals surface area contributed by atoms with Gasteiger partial charge in [0.15, 0.2) is 5.16 Å². The summed E-state index contributed by atoms with van der Waals surface area (Å²) < 4.78 is 14.9. The monoisotopic (exact) mass is 266 g/mol. The van der Waals surface area contributed by atoms with Gasteiger partial charge in [0, 0.05) is 11.8 Å². The molecule has 0 radical (unpaired) electrons. The van der Waals surface area contributed by atoms with Crippen LogP contribution in [0.2, 0.25) is 0 Å². The summed E-state index contributed by atoms with van der Waals surface area (Å²) in [6.07, 6.45) is 0. The highest BCUT2D eigenvalue weighted by molar-refractivity contribution is 7.98. The van der Waals surface area contributed by atoms with E-state index in [1.54, 1.807) is 6.07 Å². The minimum absolute atomic E-state index is 0.204. The predicted molar refractivity (Wildman–Crippen MR) is 70.8 cm³/mol. The number of anilines is 1. The second-order valence-corrected chi connectivity index (χ2v) is 5.17. The van der Waals surface area contributed by atoms with Crippen LogP contribution in [0.3, 0.4) is 0 Å². The molecule has 96 valence electrons. The van der Waals surface area contributed by atoms with Crippen LogP contribution in [-0.4, -0.2) is 14.8 Å². The van der Waals surface area contributed by atoms with E-state index in [-0.39, 0.29) is 11.9 Å². The lowest BCUT2D eigenvalue weighted by atomic mass is 10.2. The van der Waals surface area contributed by atoms with Crippen molar-refractivity contribution in [2.45, 2.75) is 30.8 Å². The summed E-state index contributed by atoms with van der Waals surface area (Å²) in [5, 5.41) is 8.65. The largest absolute Gasteiger partial charge is 0.368 e. The highest BCUT2D eigenvalue weighted by atomic mass is 32.2. The third-order valence-corrected chi connectivity index (χ3v) is 3.48. The summed E-state index contributed by atoms with van der Waals surface area (Å²) in [5.74, 6) is 0.826. The van der Waals surface area contributed by atoms with Gasteiger partial charge in [-0.1, -0.05) is 23.9 Å². The van der Waals surface area contributed by atoms with Crippen LogP contribution in [-0.2, 0) is 5.75 Å². The smallest absolute Gasteiger partial charge is 0.222 e. The molecule has 0 spiro atoms. The van der Waals surface area contributed by atoms with E-state index in [1.807, 2.05) is 24.5 Å². The van der Waals surface area contributed by atoms with Crippen LogP contribution in [0.1, 0.15) is 25.5 Å². The van der Waals surface area contributed by atoms with Gasteiger partial charge in [0.2, 0.25) is 5.95 Å². The molecule has 0 saturated carbocycles. The third kappa shape index (κ3) is 2.81. The normalized spacial score (nSPS) is 11.1. The SMILES string of the molecule is CC(C)n1c(N)nnc1SCc1cccc(F)c1. The van der Waals surface area contributed by atoms with Gasteiger partial charge in [0.25, 0.3) is 0 Å². The maximum Gasteiger partial charge on any atom is 0.222 e. The molecule has 2 aromatic rings. The Labute approximate surface area is 109 Å². The second kappa shape index (κ2) is 5.39. The Morgan fingerprint density at radius 3 is 2.83 bits per heavy atom. The van der Waals surface area contributed by atoms with Gasteiger partial charge in [-0.25, -0.2) is 4.39 Å². The summed E-state index contributed by atoms with van der Waals surface area (Å²) in [5.41, 5.74) is 6.67. The zero-order chi connectivity index (χ0) is 13.1. The maximum absolute atomic E-state index is 13.0. The summed E-state index contributed by atoms with van der Waals surface area (Å²) in [7, 11) is 0. The molecule has 0 bridgehead atoms. The first-order valence-electron chi connectivity index (χ1n) is 5.65. The molecule has 0 amide bonds. The average molecular weight is 266 g/mol. The standard InChI is InChI=1S/C12H15FN4S/c1-8(2)17-11(14)15-16-12(17)18-7-9-4-3-5-10(13)6-9/h3-6,8H,7H2,1-2H3,(H2,14,15). The van der Waals surface area contributed by atoms with Crippen molar-refractivity contribution < 1.29 is 4.39 Å². The van der Waals surface area contributed by atoms with Crippen molar-refractivity contribution in [1.82, 2.24) is 14.8 Å². The van der Waals surface area contributed by atoms with Gasteiger partial charge in [-0.2, -0.15) is 0 Å². The van der Waals surface area contributed by atoms with Gasteiger partial charge < -0.3 is 5.73 Å². The zero-order valence-corrected chi connectivity index (χ0v) is 11.1. The van der Waals surface area contributed by atoms with E-state index in [1.165, 1.54) is 23.9 Å². The van der Waals surface area contributed by atoms with Crippen molar-refractivity contribution >= 4 is 17.7 Å². The molecule has 0 saturated heterocycles. The molecule has 0 aliphatic rings. The topological polar surface area (TPSA) is 56.7 Å². The van der Waals surface area contributed by atoms with Crippen molar-refractivity contribution in [1.29, 1.82) is 0 Å². The molecule has 1 aromatic carbocycles. The molecule has 0 fully saturated rings. The summed E-state index contributed by atoms with van der Waals surface area (Å²) in [6, 6.07) is 6.74. The molecule has 2 N–H and O–H groups in total. The summed E-state index contributed by atoms with van der Waals surface area (Å²) in [6.45, 7) is 4.04. The quantitative estimate of drug-likeness (QED) is 0.864. The number of nitrogens with zero attached hydrogens (tertiary/aromatic N) is 3.